The molecule has 1 rings (SSSR count). The fourth-order valence-corrected chi connectivity index (χ4v) is 1.68. The minimum absolute atomic E-state index is 0.204. The lowest BCUT2D eigenvalue weighted by molar-refractivity contribution is 0.286. The summed E-state index contributed by atoms with van der Waals surface area (Å²) in [7, 11) is 0. The van der Waals surface area contributed by atoms with E-state index in [1.807, 2.05) is 6.07 Å². The zero-order chi connectivity index (χ0) is 8.10. The number of hydrogen-bond donors (Lipinski definition) is 2. The maximum Gasteiger partial charge on any atom is 0.0556 e. The molecule has 0 aliphatic heterocycles. The Labute approximate surface area is 70.9 Å². The third-order valence-corrected chi connectivity index (χ3v) is 2.59. The number of hydrogen-bond acceptors (Lipinski definition) is 3. The third-order valence-electron chi connectivity index (χ3n) is 1.53. The van der Waals surface area contributed by atoms with E-state index in [9.17, 15) is 0 Å². The maximum atomic E-state index is 8.55. The summed E-state index contributed by atoms with van der Waals surface area (Å²) in [5, 5.41) is 13.8. The maximum absolute atomic E-state index is 8.55. The molecule has 0 saturated carbocycles. The Hall–Kier alpha value is -0.380. The van der Waals surface area contributed by atoms with Crippen molar-refractivity contribution in [3.05, 3.63) is 22.4 Å². The lowest BCUT2D eigenvalue weighted by Crippen LogP contribution is -2.21. The number of thiophene rings is 1. The fraction of sp³-hybridized carbons (Fsp3) is 0.500. The predicted molar refractivity (Wildman–Crippen MR) is 47.8 cm³/mol. The molecule has 62 valence electrons. The molecule has 0 fully saturated rings. The zero-order valence-corrected chi connectivity index (χ0v) is 7.40. The Kier molecular flexibility index (Phi) is 3.56. The van der Waals surface area contributed by atoms with Crippen LogP contribution in [0, 0.1) is 0 Å². The van der Waals surface area contributed by atoms with E-state index < -0.39 is 0 Å². The summed E-state index contributed by atoms with van der Waals surface area (Å²) in [6, 6.07) is 4.50. The van der Waals surface area contributed by atoms with E-state index in [0.29, 0.717) is 12.6 Å². The first-order valence-electron chi connectivity index (χ1n) is 3.72. The molecule has 11 heavy (non-hydrogen) atoms. The van der Waals surface area contributed by atoms with E-state index in [0.717, 1.165) is 0 Å². The summed E-state index contributed by atoms with van der Waals surface area (Å²) in [4.78, 5) is 1.32. The largest absolute Gasteiger partial charge is 0.395 e. The lowest BCUT2D eigenvalue weighted by Gasteiger charge is -2.09. The standard InChI is InChI=1S/C8H13NOS/c1-7(9-4-5-10)8-3-2-6-11-8/h2-3,6-7,9-10H,4-5H2,1H3. The molecule has 0 amide bonds. The number of nitrogens with one attached hydrogen (secondary N) is 1. The number of aliphatic hydroxyl groups excluding tert-OH is 1. The quantitative estimate of drug-likeness (QED) is 0.717. The molecule has 0 radical (unpaired) electrons. The Morgan fingerprint density at radius 2 is 2.55 bits per heavy atom. The molecule has 0 aromatic carbocycles. The van der Waals surface area contributed by atoms with Crippen LogP contribution < -0.4 is 5.32 Å². The van der Waals surface area contributed by atoms with Crippen molar-refractivity contribution < 1.29 is 5.11 Å². The van der Waals surface area contributed by atoms with Gasteiger partial charge in [-0.1, -0.05) is 6.07 Å². The third kappa shape index (κ3) is 2.61. The molecular formula is C8H13NOS. The first-order chi connectivity index (χ1) is 5.34. The van der Waals surface area contributed by atoms with Crippen LogP contribution in [0.15, 0.2) is 17.5 Å². The van der Waals surface area contributed by atoms with Crippen molar-refractivity contribution >= 4 is 11.3 Å². The van der Waals surface area contributed by atoms with Crippen molar-refractivity contribution in [1.29, 1.82) is 0 Å². The van der Waals surface area contributed by atoms with Crippen LogP contribution in [0.3, 0.4) is 0 Å². The van der Waals surface area contributed by atoms with Gasteiger partial charge in [0.05, 0.1) is 6.61 Å². The molecule has 0 saturated heterocycles. The first-order valence-corrected chi connectivity index (χ1v) is 4.60. The van der Waals surface area contributed by atoms with Gasteiger partial charge in [-0.05, 0) is 18.4 Å². The molecule has 1 aromatic rings. The van der Waals surface area contributed by atoms with E-state index >= 15 is 0 Å². The van der Waals surface area contributed by atoms with Crippen LogP contribution in [0.25, 0.3) is 0 Å². The Bertz CT molecular complexity index is 186. The number of aliphatic hydroxyl groups is 1. The SMILES string of the molecule is CC(NCCO)c1cccs1. The summed E-state index contributed by atoms with van der Waals surface area (Å²) in [5.74, 6) is 0. The van der Waals surface area contributed by atoms with Gasteiger partial charge in [0, 0.05) is 17.5 Å². The minimum Gasteiger partial charge on any atom is -0.395 e. The van der Waals surface area contributed by atoms with Crippen molar-refractivity contribution in [2.24, 2.45) is 0 Å². The lowest BCUT2D eigenvalue weighted by atomic mass is 10.3. The molecule has 0 aliphatic carbocycles. The van der Waals surface area contributed by atoms with Gasteiger partial charge < -0.3 is 10.4 Å². The molecule has 1 unspecified atom stereocenters. The normalized spacial score (nSPS) is 13.3. The molecule has 0 spiro atoms. The van der Waals surface area contributed by atoms with Gasteiger partial charge in [-0.25, -0.2) is 0 Å². The van der Waals surface area contributed by atoms with Crippen LogP contribution in [-0.4, -0.2) is 18.3 Å². The van der Waals surface area contributed by atoms with Crippen molar-refractivity contribution in [2.45, 2.75) is 13.0 Å². The topological polar surface area (TPSA) is 32.3 Å². The van der Waals surface area contributed by atoms with Crippen LogP contribution in [0.1, 0.15) is 17.8 Å². The molecule has 3 heteroatoms. The van der Waals surface area contributed by atoms with Crippen LogP contribution in [0.5, 0.6) is 0 Å². The Morgan fingerprint density at radius 3 is 3.09 bits per heavy atom. The summed E-state index contributed by atoms with van der Waals surface area (Å²) in [5.41, 5.74) is 0. The molecule has 2 N–H and O–H groups in total. The Morgan fingerprint density at radius 1 is 1.73 bits per heavy atom. The van der Waals surface area contributed by atoms with Crippen LogP contribution in [0.4, 0.5) is 0 Å². The second kappa shape index (κ2) is 4.49. The van der Waals surface area contributed by atoms with Gasteiger partial charge in [-0.2, -0.15) is 0 Å². The summed E-state index contributed by atoms with van der Waals surface area (Å²) in [6.07, 6.45) is 0. The van der Waals surface area contributed by atoms with Crippen molar-refractivity contribution in [2.75, 3.05) is 13.2 Å². The smallest absolute Gasteiger partial charge is 0.0556 e. The van der Waals surface area contributed by atoms with Crippen LogP contribution in [0.2, 0.25) is 0 Å². The second-order valence-electron chi connectivity index (χ2n) is 2.41. The first kappa shape index (κ1) is 8.71. The minimum atomic E-state index is 0.204. The molecule has 0 bridgehead atoms. The van der Waals surface area contributed by atoms with Gasteiger partial charge in [0.1, 0.15) is 0 Å². The van der Waals surface area contributed by atoms with E-state index in [1.165, 1.54) is 4.88 Å². The van der Waals surface area contributed by atoms with E-state index in [4.69, 9.17) is 5.11 Å². The fourth-order valence-electron chi connectivity index (χ4n) is 0.919. The van der Waals surface area contributed by atoms with Gasteiger partial charge in [-0.3, -0.25) is 0 Å². The van der Waals surface area contributed by atoms with Gasteiger partial charge in [0.25, 0.3) is 0 Å². The van der Waals surface area contributed by atoms with Gasteiger partial charge >= 0.3 is 0 Å². The molecule has 1 heterocycles. The molecule has 0 aliphatic rings. The summed E-state index contributed by atoms with van der Waals surface area (Å²) < 4.78 is 0. The zero-order valence-electron chi connectivity index (χ0n) is 6.58. The summed E-state index contributed by atoms with van der Waals surface area (Å²) in [6.45, 7) is 2.97. The summed E-state index contributed by atoms with van der Waals surface area (Å²) >= 11 is 1.74. The average molecular weight is 171 g/mol. The van der Waals surface area contributed by atoms with Crippen LogP contribution >= 0.6 is 11.3 Å². The van der Waals surface area contributed by atoms with Crippen molar-refractivity contribution in [3.63, 3.8) is 0 Å². The predicted octanol–water partition coefficient (Wildman–Crippen LogP) is 1.39. The molecule has 1 atom stereocenters. The van der Waals surface area contributed by atoms with E-state index in [-0.39, 0.29) is 6.61 Å². The monoisotopic (exact) mass is 171 g/mol. The van der Waals surface area contributed by atoms with Crippen LogP contribution in [-0.2, 0) is 0 Å². The highest BCUT2D eigenvalue weighted by atomic mass is 32.1. The van der Waals surface area contributed by atoms with Gasteiger partial charge in [-0.15, -0.1) is 11.3 Å². The van der Waals surface area contributed by atoms with Gasteiger partial charge in [0.15, 0.2) is 0 Å². The second-order valence-corrected chi connectivity index (χ2v) is 3.39. The van der Waals surface area contributed by atoms with Gasteiger partial charge in [0.2, 0.25) is 0 Å². The Balaban J connectivity index is 2.36. The van der Waals surface area contributed by atoms with Crippen molar-refractivity contribution in [1.82, 2.24) is 5.32 Å². The highest BCUT2D eigenvalue weighted by molar-refractivity contribution is 7.10. The molecular weight excluding hydrogens is 158 g/mol. The molecule has 1 aromatic heterocycles. The highest BCUT2D eigenvalue weighted by Gasteiger charge is 2.03. The number of rotatable bonds is 4. The highest BCUT2D eigenvalue weighted by Crippen LogP contribution is 2.17. The average Bonchev–Trinajstić information content (AvgIpc) is 2.52. The molecule has 2 nitrogen and oxygen atoms in total. The van der Waals surface area contributed by atoms with E-state index in [1.54, 1.807) is 11.3 Å². The van der Waals surface area contributed by atoms with E-state index in [2.05, 4.69) is 23.7 Å². The van der Waals surface area contributed by atoms with Crippen molar-refractivity contribution in [3.8, 4) is 0 Å².